The number of rotatable bonds is 8. The van der Waals surface area contributed by atoms with Crippen molar-refractivity contribution in [2.24, 2.45) is 9.98 Å². The van der Waals surface area contributed by atoms with Crippen LogP contribution in [0, 0.1) is 0 Å². The summed E-state index contributed by atoms with van der Waals surface area (Å²) in [6.07, 6.45) is 5.73. The van der Waals surface area contributed by atoms with Gasteiger partial charge in [0.15, 0.2) is 23.0 Å². The van der Waals surface area contributed by atoms with Gasteiger partial charge in [-0.1, -0.05) is 48.5 Å². The number of carbonyl (C=O) groups excluding carboxylic acids is 2. The maximum Gasteiger partial charge on any atom is 0.257 e. The van der Waals surface area contributed by atoms with Crippen LogP contribution >= 0.6 is 0 Å². The number of aliphatic imine (C=N–C) groups is 2. The van der Waals surface area contributed by atoms with E-state index >= 15 is 0 Å². The molecule has 0 bridgehead atoms. The van der Waals surface area contributed by atoms with Crippen molar-refractivity contribution < 1.29 is 28.5 Å². The second-order valence-corrected chi connectivity index (χ2v) is 12.6. The Labute approximate surface area is 284 Å². The molecule has 4 aromatic rings. The van der Waals surface area contributed by atoms with E-state index in [4.69, 9.17) is 28.9 Å². The van der Waals surface area contributed by atoms with Crippen LogP contribution in [0.1, 0.15) is 49.4 Å². The van der Waals surface area contributed by atoms with Crippen LogP contribution in [-0.4, -0.2) is 73.6 Å². The molecule has 4 aromatic carbocycles. The summed E-state index contributed by atoms with van der Waals surface area (Å²) in [5.41, 5.74) is 6.88. The molecule has 2 atom stereocenters. The molecule has 4 aliphatic heterocycles. The average molecular weight is 657 g/mol. The monoisotopic (exact) mass is 656 g/mol. The molecule has 0 saturated heterocycles. The lowest BCUT2D eigenvalue weighted by atomic mass is 9.94. The first kappa shape index (κ1) is 30.7. The van der Waals surface area contributed by atoms with E-state index in [2.05, 4.69) is 24.3 Å². The molecule has 0 radical (unpaired) electrons. The predicted molar refractivity (Wildman–Crippen MR) is 186 cm³/mol. The van der Waals surface area contributed by atoms with Gasteiger partial charge in [-0.05, 0) is 47.2 Å². The minimum Gasteiger partial charge on any atom is -0.493 e. The number of fused-ring (bicyclic) bond motifs is 6. The fourth-order valence-electron chi connectivity index (χ4n) is 7.07. The fraction of sp³-hybridized carbons (Fsp3) is 0.282. The smallest absolute Gasteiger partial charge is 0.257 e. The summed E-state index contributed by atoms with van der Waals surface area (Å²) >= 11 is 0. The van der Waals surface area contributed by atoms with Crippen LogP contribution in [-0.2, 0) is 25.9 Å². The number of benzene rings is 4. The van der Waals surface area contributed by atoms with Crippen molar-refractivity contribution in [2.45, 2.75) is 44.4 Å². The zero-order valence-corrected chi connectivity index (χ0v) is 27.4. The highest BCUT2D eigenvalue weighted by atomic mass is 16.5. The van der Waals surface area contributed by atoms with Gasteiger partial charge in [0.25, 0.3) is 11.8 Å². The fourth-order valence-corrected chi connectivity index (χ4v) is 7.07. The van der Waals surface area contributed by atoms with Gasteiger partial charge in [-0.3, -0.25) is 19.6 Å². The Morgan fingerprint density at radius 3 is 1.47 bits per heavy atom. The van der Waals surface area contributed by atoms with Gasteiger partial charge in [-0.2, -0.15) is 0 Å². The summed E-state index contributed by atoms with van der Waals surface area (Å²) in [4.78, 5) is 40.5. The van der Waals surface area contributed by atoms with Crippen LogP contribution < -0.4 is 18.9 Å². The number of hydrogen-bond donors (Lipinski definition) is 0. The Kier molecular flexibility index (Phi) is 7.99. The second kappa shape index (κ2) is 12.8. The molecule has 0 fully saturated rings. The molecule has 2 amide bonds. The third-order valence-corrected chi connectivity index (χ3v) is 9.70. The molecule has 0 N–H and O–H groups in total. The molecule has 4 heterocycles. The van der Waals surface area contributed by atoms with Crippen molar-refractivity contribution in [1.29, 1.82) is 0 Å². The first-order valence-electron chi connectivity index (χ1n) is 16.5. The summed E-state index contributed by atoms with van der Waals surface area (Å²) in [5, 5.41) is 0. The van der Waals surface area contributed by atoms with Crippen LogP contribution in [0.4, 0.5) is 11.4 Å². The maximum atomic E-state index is 13.7. The van der Waals surface area contributed by atoms with Crippen molar-refractivity contribution >= 4 is 35.6 Å². The maximum absolute atomic E-state index is 13.7. The lowest BCUT2D eigenvalue weighted by molar-refractivity contribution is 0.0696. The summed E-state index contributed by atoms with van der Waals surface area (Å²) < 4.78 is 23.5. The van der Waals surface area contributed by atoms with E-state index in [-0.39, 0.29) is 23.9 Å². The summed E-state index contributed by atoms with van der Waals surface area (Å²) in [6.45, 7) is 1.74. The van der Waals surface area contributed by atoms with Gasteiger partial charge in [0.2, 0.25) is 0 Å². The molecular weight excluding hydrogens is 620 g/mol. The number of methoxy groups -OCH3 is 2. The standard InChI is InChI=1S/C39H36N4O6/c1-46-34-16-30-32(40-20-28-14-24-8-3-5-10-26(24)22-42(28)38(30)44)18-36(34)48-12-7-13-49-37-19-33-31(17-35(37)47-2)39(45)43-23-27-11-6-4-9-25(27)15-29(43)21-41-33/h3-6,8-11,16-21,28-29H,7,12-15,22-23H2,1-2H3/t28-,29+. The number of ether oxygens (including phenoxy) is 4. The van der Waals surface area contributed by atoms with Crippen molar-refractivity contribution in [3.8, 4) is 23.0 Å². The van der Waals surface area contributed by atoms with Crippen LogP contribution in [0.5, 0.6) is 23.0 Å². The zero-order valence-electron chi connectivity index (χ0n) is 27.4. The van der Waals surface area contributed by atoms with Gasteiger partial charge < -0.3 is 28.7 Å². The van der Waals surface area contributed by atoms with Gasteiger partial charge in [0.1, 0.15) is 0 Å². The molecule has 0 spiro atoms. The van der Waals surface area contributed by atoms with Crippen LogP contribution in [0.3, 0.4) is 0 Å². The highest BCUT2D eigenvalue weighted by Gasteiger charge is 2.34. The van der Waals surface area contributed by atoms with Crippen LogP contribution in [0.15, 0.2) is 82.8 Å². The van der Waals surface area contributed by atoms with E-state index < -0.39 is 0 Å². The van der Waals surface area contributed by atoms with Gasteiger partial charge >= 0.3 is 0 Å². The normalized spacial score (nSPS) is 18.6. The highest BCUT2D eigenvalue weighted by molar-refractivity contribution is 6.04. The highest BCUT2D eigenvalue weighted by Crippen LogP contribution is 2.40. The van der Waals surface area contributed by atoms with Crippen molar-refractivity contribution in [3.63, 3.8) is 0 Å². The Balaban J connectivity index is 0.933. The van der Waals surface area contributed by atoms with E-state index in [1.165, 1.54) is 11.1 Å². The lowest BCUT2D eigenvalue weighted by Crippen LogP contribution is -2.44. The van der Waals surface area contributed by atoms with Gasteiger partial charge in [0.05, 0.1) is 62.0 Å². The topological polar surface area (TPSA) is 102 Å². The molecule has 0 saturated carbocycles. The van der Waals surface area contributed by atoms with Gasteiger partial charge in [-0.25, -0.2) is 0 Å². The second-order valence-electron chi connectivity index (χ2n) is 12.6. The molecule has 0 aliphatic carbocycles. The average Bonchev–Trinajstić information content (AvgIpc) is 3.35. The quantitative estimate of drug-likeness (QED) is 0.212. The molecule has 10 heteroatoms. The molecule has 0 unspecified atom stereocenters. The van der Waals surface area contributed by atoms with Gasteiger partial charge in [-0.15, -0.1) is 0 Å². The molecule has 10 nitrogen and oxygen atoms in total. The SMILES string of the molecule is COc1cc2c(cc1OCCCOc1cc3c(cc1OC)C(=O)N1Cc4ccccc4C[C@@H]1C=N3)N=C[C@@H]1Cc3ccccc3CN1C2=O. The van der Waals surface area contributed by atoms with Gasteiger partial charge in [0, 0.05) is 44.1 Å². The van der Waals surface area contributed by atoms with Crippen LogP contribution in [0.2, 0.25) is 0 Å². The number of carbonyl (C=O) groups is 2. The molecule has 8 rings (SSSR count). The Morgan fingerprint density at radius 2 is 1.04 bits per heavy atom. The van der Waals surface area contributed by atoms with Crippen molar-refractivity contribution in [2.75, 3.05) is 27.4 Å². The third kappa shape index (κ3) is 5.67. The Hall–Kier alpha value is -5.64. The minimum absolute atomic E-state index is 0.0768. The Bertz CT molecular complexity index is 1880. The first-order valence-corrected chi connectivity index (χ1v) is 16.5. The molecule has 4 aliphatic rings. The van der Waals surface area contributed by atoms with Crippen LogP contribution in [0.25, 0.3) is 0 Å². The number of hydrogen-bond acceptors (Lipinski definition) is 8. The van der Waals surface area contributed by atoms with E-state index in [0.29, 0.717) is 78.2 Å². The Morgan fingerprint density at radius 1 is 0.612 bits per heavy atom. The molecule has 248 valence electrons. The van der Waals surface area contributed by atoms with E-state index in [1.807, 2.05) is 46.5 Å². The third-order valence-electron chi connectivity index (χ3n) is 9.70. The van der Waals surface area contributed by atoms with Crippen molar-refractivity contribution in [1.82, 2.24) is 9.80 Å². The number of nitrogens with zero attached hydrogens (tertiary/aromatic N) is 4. The largest absolute Gasteiger partial charge is 0.493 e. The van der Waals surface area contributed by atoms with E-state index in [9.17, 15) is 9.59 Å². The predicted octanol–water partition coefficient (Wildman–Crippen LogP) is 6.12. The van der Waals surface area contributed by atoms with E-state index in [0.717, 1.165) is 24.0 Å². The molecular formula is C39H36N4O6. The lowest BCUT2D eigenvalue weighted by Gasteiger charge is -2.34. The molecule has 49 heavy (non-hydrogen) atoms. The first-order chi connectivity index (χ1) is 24.0. The molecule has 0 aromatic heterocycles. The van der Waals surface area contributed by atoms with Crippen molar-refractivity contribution in [3.05, 3.63) is 106 Å². The number of amides is 2. The summed E-state index contributed by atoms with van der Waals surface area (Å²) in [5.74, 6) is 1.79. The van der Waals surface area contributed by atoms with E-state index in [1.54, 1.807) is 38.5 Å². The summed E-state index contributed by atoms with van der Waals surface area (Å²) in [7, 11) is 3.12. The summed E-state index contributed by atoms with van der Waals surface area (Å²) in [6, 6.07) is 23.2. The zero-order chi connectivity index (χ0) is 33.5. The minimum atomic E-state index is -0.116.